The Morgan fingerprint density at radius 2 is 1.97 bits per heavy atom. The number of carbonyl (C=O) groups is 1. The zero-order chi connectivity index (χ0) is 21.4. The van der Waals surface area contributed by atoms with Crippen molar-refractivity contribution < 1.29 is 9.00 Å². The molecule has 2 N–H and O–H groups in total. The first-order chi connectivity index (χ1) is 15.1. The first kappa shape index (κ1) is 19.8. The van der Waals surface area contributed by atoms with E-state index in [1.54, 1.807) is 6.20 Å². The first-order valence-corrected chi connectivity index (χ1v) is 11.5. The quantitative estimate of drug-likeness (QED) is 0.652. The van der Waals surface area contributed by atoms with E-state index in [9.17, 15) is 9.00 Å². The highest BCUT2D eigenvalue weighted by molar-refractivity contribution is 7.82. The lowest BCUT2D eigenvalue weighted by atomic mass is 10.1. The van der Waals surface area contributed by atoms with Gasteiger partial charge in [0, 0.05) is 35.6 Å². The van der Waals surface area contributed by atoms with Crippen LogP contribution in [0.15, 0.2) is 59.6 Å². The molecule has 2 aliphatic heterocycles. The zero-order valence-corrected chi connectivity index (χ0v) is 18.0. The van der Waals surface area contributed by atoms with Crippen LogP contribution in [-0.2, 0) is 22.2 Å². The molecule has 0 radical (unpaired) electrons. The number of amides is 1. The fraction of sp³-hybridized carbons (Fsp3) is 0.261. The van der Waals surface area contributed by atoms with Crippen LogP contribution in [0.1, 0.15) is 25.3 Å². The standard InChI is InChI=1S/C23H23N5O2S/c1-15-5-4-12-28(15)31(30)18-10-8-17(9-11-18)25-23-24-14-16-13-21(29)26-20-7-3-2-6-19(20)22(16)27-23/h2-3,6-11,14-15H,4-5,12-13H2,1H3,(H,26,29)(H,24,25,27). The van der Waals surface area contributed by atoms with Gasteiger partial charge in [0.25, 0.3) is 0 Å². The summed E-state index contributed by atoms with van der Waals surface area (Å²) in [5.41, 5.74) is 3.97. The summed E-state index contributed by atoms with van der Waals surface area (Å²) in [7, 11) is -1.14. The number of benzene rings is 2. The number of nitrogens with one attached hydrogen (secondary N) is 2. The maximum Gasteiger partial charge on any atom is 0.228 e. The molecule has 1 aromatic heterocycles. The molecule has 31 heavy (non-hydrogen) atoms. The molecule has 0 spiro atoms. The predicted molar refractivity (Wildman–Crippen MR) is 121 cm³/mol. The number of nitrogens with zero attached hydrogens (tertiary/aromatic N) is 3. The zero-order valence-electron chi connectivity index (χ0n) is 17.2. The molecule has 0 saturated carbocycles. The van der Waals surface area contributed by atoms with Crippen molar-refractivity contribution in [3.63, 3.8) is 0 Å². The van der Waals surface area contributed by atoms with Crippen molar-refractivity contribution >= 4 is 34.2 Å². The molecule has 5 rings (SSSR count). The average Bonchev–Trinajstić information content (AvgIpc) is 3.15. The molecular formula is C23H23N5O2S. The fourth-order valence-corrected chi connectivity index (χ4v) is 5.43. The smallest absolute Gasteiger partial charge is 0.228 e. The summed E-state index contributed by atoms with van der Waals surface area (Å²) >= 11 is 0. The molecule has 8 heteroatoms. The van der Waals surface area contributed by atoms with Crippen molar-refractivity contribution in [2.24, 2.45) is 0 Å². The lowest BCUT2D eigenvalue weighted by Crippen LogP contribution is -2.28. The van der Waals surface area contributed by atoms with E-state index in [1.807, 2.05) is 52.8 Å². The topological polar surface area (TPSA) is 87.2 Å². The van der Waals surface area contributed by atoms with Crippen LogP contribution in [0.2, 0.25) is 0 Å². The minimum Gasteiger partial charge on any atom is -0.325 e. The number of aromatic nitrogens is 2. The molecule has 3 heterocycles. The first-order valence-electron chi connectivity index (χ1n) is 10.4. The van der Waals surface area contributed by atoms with Crippen molar-refractivity contribution in [1.82, 2.24) is 14.3 Å². The summed E-state index contributed by atoms with van der Waals surface area (Å²) in [6.45, 7) is 2.99. The van der Waals surface area contributed by atoms with E-state index in [0.29, 0.717) is 12.0 Å². The highest BCUT2D eigenvalue weighted by Gasteiger charge is 2.26. The van der Waals surface area contributed by atoms with E-state index >= 15 is 0 Å². The van der Waals surface area contributed by atoms with Gasteiger partial charge in [-0.05, 0) is 50.1 Å². The van der Waals surface area contributed by atoms with Crippen LogP contribution in [0.4, 0.5) is 17.3 Å². The van der Waals surface area contributed by atoms with Crippen molar-refractivity contribution in [1.29, 1.82) is 0 Å². The molecule has 1 amide bonds. The molecule has 2 aliphatic rings. The third kappa shape index (κ3) is 3.96. The van der Waals surface area contributed by atoms with Crippen LogP contribution in [0.25, 0.3) is 11.3 Å². The van der Waals surface area contributed by atoms with Gasteiger partial charge in [0.2, 0.25) is 11.9 Å². The van der Waals surface area contributed by atoms with Gasteiger partial charge in [-0.15, -0.1) is 0 Å². The molecular weight excluding hydrogens is 410 g/mol. The molecule has 2 aromatic carbocycles. The maximum atomic E-state index is 12.8. The van der Waals surface area contributed by atoms with Gasteiger partial charge in [-0.25, -0.2) is 18.5 Å². The number of fused-ring (bicyclic) bond motifs is 3. The monoisotopic (exact) mass is 433 g/mol. The third-order valence-corrected chi connectivity index (χ3v) is 7.33. The minimum atomic E-state index is -1.14. The van der Waals surface area contributed by atoms with Gasteiger partial charge in [-0.3, -0.25) is 4.79 Å². The molecule has 7 nitrogen and oxygen atoms in total. The summed E-state index contributed by atoms with van der Waals surface area (Å²) in [5.74, 6) is 0.372. The largest absolute Gasteiger partial charge is 0.325 e. The van der Waals surface area contributed by atoms with Crippen LogP contribution in [0, 0.1) is 0 Å². The maximum absolute atomic E-state index is 12.8. The molecule has 2 atom stereocenters. The summed E-state index contributed by atoms with van der Waals surface area (Å²) in [6.07, 6.45) is 4.11. The highest BCUT2D eigenvalue weighted by atomic mass is 32.2. The van der Waals surface area contributed by atoms with Gasteiger partial charge in [0.05, 0.1) is 22.7 Å². The van der Waals surface area contributed by atoms with Gasteiger partial charge in [0.15, 0.2) is 0 Å². The second-order valence-electron chi connectivity index (χ2n) is 7.87. The van der Waals surface area contributed by atoms with Crippen LogP contribution in [0.3, 0.4) is 0 Å². The number of anilines is 3. The lowest BCUT2D eigenvalue weighted by Gasteiger charge is -2.19. The van der Waals surface area contributed by atoms with Crippen LogP contribution in [0.5, 0.6) is 0 Å². The summed E-state index contributed by atoms with van der Waals surface area (Å²) in [6, 6.07) is 15.5. The average molecular weight is 434 g/mol. The Morgan fingerprint density at radius 1 is 1.16 bits per heavy atom. The molecule has 2 unspecified atom stereocenters. The third-order valence-electron chi connectivity index (χ3n) is 5.69. The number of rotatable bonds is 4. The number of hydrogen-bond acceptors (Lipinski definition) is 5. The van der Waals surface area contributed by atoms with E-state index in [0.717, 1.165) is 52.5 Å². The minimum absolute atomic E-state index is 0.0774. The number of para-hydroxylation sites is 1. The molecule has 1 saturated heterocycles. The Balaban J connectivity index is 1.39. The SMILES string of the molecule is CC1CCCN1S(=O)c1ccc(Nc2ncc3c(n2)-c2ccccc2NC(=O)C3)cc1. The van der Waals surface area contributed by atoms with Crippen LogP contribution >= 0.6 is 0 Å². The van der Waals surface area contributed by atoms with Gasteiger partial charge < -0.3 is 10.6 Å². The Kier molecular flexibility index (Phi) is 5.25. The second-order valence-corrected chi connectivity index (χ2v) is 9.31. The van der Waals surface area contributed by atoms with Crippen LogP contribution < -0.4 is 10.6 Å². The molecule has 0 aliphatic carbocycles. The van der Waals surface area contributed by atoms with Crippen LogP contribution in [-0.4, -0.2) is 37.0 Å². The summed E-state index contributed by atoms with van der Waals surface area (Å²) in [5, 5.41) is 6.14. The second kappa shape index (κ2) is 8.20. The van der Waals surface area contributed by atoms with Gasteiger partial charge in [-0.2, -0.15) is 0 Å². The molecule has 3 aromatic rings. The van der Waals surface area contributed by atoms with Crippen molar-refractivity contribution in [2.45, 2.75) is 37.1 Å². The fourth-order valence-electron chi connectivity index (χ4n) is 4.07. The predicted octanol–water partition coefficient (Wildman–Crippen LogP) is 3.89. The van der Waals surface area contributed by atoms with E-state index in [-0.39, 0.29) is 12.3 Å². The van der Waals surface area contributed by atoms with Gasteiger partial charge in [-0.1, -0.05) is 18.2 Å². The van der Waals surface area contributed by atoms with E-state index < -0.39 is 11.0 Å². The Hall–Kier alpha value is -3.10. The Labute approximate surface area is 183 Å². The summed E-state index contributed by atoms with van der Waals surface area (Å²) < 4.78 is 14.9. The van der Waals surface area contributed by atoms with E-state index in [2.05, 4.69) is 22.5 Å². The number of hydrogen-bond donors (Lipinski definition) is 2. The normalized spacial score (nSPS) is 19.1. The highest BCUT2D eigenvalue weighted by Crippen LogP contribution is 2.33. The Bertz CT molecular complexity index is 1160. The van der Waals surface area contributed by atoms with Gasteiger partial charge in [0.1, 0.15) is 11.0 Å². The van der Waals surface area contributed by atoms with Crippen molar-refractivity contribution in [2.75, 3.05) is 17.2 Å². The Morgan fingerprint density at radius 3 is 2.74 bits per heavy atom. The molecule has 158 valence electrons. The van der Waals surface area contributed by atoms with Crippen molar-refractivity contribution in [3.8, 4) is 11.3 Å². The van der Waals surface area contributed by atoms with Crippen molar-refractivity contribution in [3.05, 3.63) is 60.3 Å². The summed E-state index contributed by atoms with van der Waals surface area (Å²) in [4.78, 5) is 22.1. The van der Waals surface area contributed by atoms with E-state index in [4.69, 9.17) is 4.98 Å². The lowest BCUT2D eigenvalue weighted by molar-refractivity contribution is -0.115. The van der Waals surface area contributed by atoms with E-state index in [1.165, 1.54) is 0 Å². The van der Waals surface area contributed by atoms with Gasteiger partial charge >= 0.3 is 0 Å². The number of carbonyl (C=O) groups excluding carboxylic acids is 1. The molecule has 1 fully saturated rings. The molecule has 0 bridgehead atoms.